The first kappa shape index (κ1) is 72.7. The maximum absolute atomic E-state index is 12.9. The fraction of sp³-hybridized carbons (Fsp3) is 0.662. The lowest BCUT2D eigenvalue weighted by molar-refractivity contribution is -0.870. The molecule has 0 saturated heterocycles. The van der Waals surface area contributed by atoms with Gasteiger partial charge in [0.1, 0.15) is 13.2 Å². The highest BCUT2D eigenvalue weighted by Gasteiger charge is 2.25. The molecule has 0 heterocycles. The number of ether oxygens (including phenoxy) is 4. The molecule has 0 aliphatic rings. The van der Waals surface area contributed by atoms with Crippen molar-refractivity contribution in [3.63, 3.8) is 0 Å². The molecular weight excluding hydrogens is 959 g/mol. The van der Waals surface area contributed by atoms with E-state index >= 15 is 0 Å². The monoisotopic (exact) mass is 1070 g/mol. The number of allylic oxidation sites excluding steroid dienone is 20. The zero-order chi connectivity index (χ0) is 56.2. The molecule has 0 amide bonds. The van der Waals surface area contributed by atoms with E-state index in [4.69, 9.17) is 18.9 Å². The summed E-state index contributed by atoms with van der Waals surface area (Å²) in [6.45, 7) is 4.64. The van der Waals surface area contributed by atoms with E-state index in [0.29, 0.717) is 23.9 Å². The van der Waals surface area contributed by atoms with Crippen molar-refractivity contribution in [2.24, 2.45) is 0 Å². The Balaban J connectivity index is 4.26. The zero-order valence-corrected chi connectivity index (χ0v) is 49.8. The largest absolute Gasteiger partial charge is 0.477 e. The number of nitrogens with zero attached hydrogens (tertiary/aromatic N) is 1. The first-order valence-electron chi connectivity index (χ1n) is 30.7. The first-order chi connectivity index (χ1) is 37.6. The highest BCUT2D eigenvalue weighted by molar-refractivity contribution is 5.71. The Morgan fingerprint density at radius 2 is 0.701 bits per heavy atom. The number of carbonyl (C=O) groups excluding carboxylic acids is 2. The van der Waals surface area contributed by atoms with Gasteiger partial charge in [-0.15, -0.1) is 0 Å². The van der Waals surface area contributed by atoms with Crippen LogP contribution in [0.5, 0.6) is 0 Å². The zero-order valence-electron chi connectivity index (χ0n) is 49.8. The lowest BCUT2D eigenvalue weighted by atomic mass is 10.0. The van der Waals surface area contributed by atoms with Gasteiger partial charge in [-0.2, -0.15) is 0 Å². The van der Waals surface area contributed by atoms with Crippen LogP contribution in [0.2, 0.25) is 0 Å². The Kier molecular flexibility index (Phi) is 54.6. The molecule has 0 aliphatic heterocycles. The third kappa shape index (κ3) is 59.2. The van der Waals surface area contributed by atoms with Crippen LogP contribution >= 0.6 is 0 Å². The number of esters is 2. The fourth-order valence-corrected chi connectivity index (χ4v) is 8.07. The molecule has 0 bridgehead atoms. The summed E-state index contributed by atoms with van der Waals surface area (Å²) in [6, 6.07) is 0. The Bertz CT molecular complexity index is 1670. The number of carbonyl (C=O) groups is 3. The summed E-state index contributed by atoms with van der Waals surface area (Å²) in [5, 5.41) is 9.72. The van der Waals surface area contributed by atoms with Crippen molar-refractivity contribution >= 4 is 17.9 Å². The third-order valence-electron chi connectivity index (χ3n) is 12.7. The second-order valence-corrected chi connectivity index (χ2v) is 21.2. The molecule has 438 valence electrons. The van der Waals surface area contributed by atoms with Crippen LogP contribution in [-0.4, -0.2) is 87.4 Å². The molecule has 0 radical (unpaired) electrons. The van der Waals surface area contributed by atoms with E-state index in [2.05, 4.69) is 135 Å². The second kappa shape index (κ2) is 57.9. The molecule has 2 unspecified atom stereocenters. The van der Waals surface area contributed by atoms with Gasteiger partial charge in [-0.3, -0.25) is 9.59 Å². The summed E-state index contributed by atoms with van der Waals surface area (Å²) in [6.07, 6.45) is 78.4. The fourth-order valence-electron chi connectivity index (χ4n) is 8.07. The topological polar surface area (TPSA) is 108 Å². The number of rotatable bonds is 55. The summed E-state index contributed by atoms with van der Waals surface area (Å²) in [7, 11) is 5.96. The lowest BCUT2D eigenvalue weighted by Crippen LogP contribution is -2.40. The van der Waals surface area contributed by atoms with Gasteiger partial charge < -0.3 is 28.5 Å². The van der Waals surface area contributed by atoms with Gasteiger partial charge in [0.2, 0.25) is 0 Å². The third-order valence-corrected chi connectivity index (χ3v) is 12.7. The van der Waals surface area contributed by atoms with Gasteiger partial charge in [0.05, 0.1) is 34.4 Å². The highest BCUT2D eigenvalue weighted by atomic mass is 16.7. The maximum atomic E-state index is 12.9. The number of unbranched alkanes of at least 4 members (excludes halogenated alkanes) is 20. The van der Waals surface area contributed by atoms with Gasteiger partial charge >= 0.3 is 17.9 Å². The Hall–Kier alpha value is -4.31. The average molecular weight is 1070 g/mol. The molecule has 2 atom stereocenters. The quantitative estimate of drug-likeness (QED) is 0.0211. The molecule has 0 aliphatic carbocycles. The first-order valence-corrected chi connectivity index (χ1v) is 30.7. The van der Waals surface area contributed by atoms with Crippen molar-refractivity contribution < 1.29 is 42.9 Å². The number of carboxylic acids is 1. The number of quaternary nitrogens is 1. The predicted molar refractivity (Wildman–Crippen MR) is 327 cm³/mol. The molecule has 0 fully saturated rings. The molecule has 0 aromatic heterocycles. The second-order valence-electron chi connectivity index (χ2n) is 21.2. The van der Waals surface area contributed by atoms with E-state index in [1.165, 1.54) is 89.9 Å². The van der Waals surface area contributed by atoms with E-state index < -0.39 is 24.3 Å². The maximum Gasteiger partial charge on any atom is 0.361 e. The van der Waals surface area contributed by atoms with Gasteiger partial charge in [0, 0.05) is 12.8 Å². The molecule has 77 heavy (non-hydrogen) atoms. The van der Waals surface area contributed by atoms with Gasteiger partial charge in [-0.05, 0) is 103 Å². The Labute approximate surface area is 472 Å². The molecule has 0 saturated carbocycles. The van der Waals surface area contributed by atoms with Crippen LogP contribution in [0.15, 0.2) is 122 Å². The van der Waals surface area contributed by atoms with Crippen molar-refractivity contribution in [3.05, 3.63) is 122 Å². The van der Waals surface area contributed by atoms with Crippen LogP contribution in [0.25, 0.3) is 0 Å². The van der Waals surface area contributed by atoms with Crippen LogP contribution in [0.1, 0.15) is 232 Å². The summed E-state index contributed by atoms with van der Waals surface area (Å²) < 4.78 is 22.9. The molecule has 0 aromatic rings. The van der Waals surface area contributed by atoms with Crippen LogP contribution < -0.4 is 0 Å². The van der Waals surface area contributed by atoms with Crippen molar-refractivity contribution in [1.29, 1.82) is 0 Å². The molecule has 9 heteroatoms. The number of likely N-dealkylation sites (N-methyl/N-ethyl adjacent to an activating group) is 1. The Morgan fingerprint density at radius 3 is 1.04 bits per heavy atom. The predicted octanol–water partition coefficient (Wildman–Crippen LogP) is 18.5. The Morgan fingerprint density at radius 1 is 0.390 bits per heavy atom. The van der Waals surface area contributed by atoms with Crippen LogP contribution in [-0.2, 0) is 33.3 Å². The van der Waals surface area contributed by atoms with E-state index in [-0.39, 0.29) is 32.2 Å². The van der Waals surface area contributed by atoms with Crippen LogP contribution in [0.4, 0.5) is 0 Å². The summed E-state index contributed by atoms with van der Waals surface area (Å²) in [5.74, 6) is -2.03. The van der Waals surface area contributed by atoms with Gasteiger partial charge in [0.25, 0.3) is 6.29 Å². The molecule has 0 rings (SSSR count). The smallest absolute Gasteiger partial charge is 0.361 e. The number of hydrogen-bond donors (Lipinski definition) is 1. The van der Waals surface area contributed by atoms with Crippen LogP contribution in [0.3, 0.4) is 0 Å². The number of carboxylic acid groups (broad SMARTS) is 1. The summed E-state index contributed by atoms with van der Waals surface area (Å²) in [5.41, 5.74) is 0. The molecule has 0 aromatic carbocycles. The minimum absolute atomic E-state index is 0.179. The minimum atomic E-state index is -1.52. The lowest BCUT2D eigenvalue weighted by Gasteiger charge is -2.25. The van der Waals surface area contributed by atoms with Gasteiger partial charge in [0.15, 0.2) is 6.10 Å². The standard InChI is InChI=1S/C68H113NO8/c1-6-8-10-12-14-16-18-20-22-24-26-28-30-32-33-35-37-39-41-43-45-47-49-51-53-55-57-59-66(71)77-64(63-76-68(67(72)73)74-61-60-69(3,4)5)62-75-65(70)58-56-54-52-50-48-46-44-42-40-38-36-34-31-29-27-25-23-21-19-17-15-13-11-9-7-2/h8-11,14-17,20-23,26-29,32-33,37,39,64,68H,6-7,12-13,18-19,24-25,30-31,34-36,38,40-63H2,1-5H3/p+1/b10-8-,11-9-,16-14-,17-15-,22-20-,23-21-,28-26-,29-27-,33-32-,39-37-. The highest BCUT2D eigenvalue weighted by Crippen LogP contribution is 2.15. The summed E-state index contributed by atoms with van der Waals surface area (Å²) >= 11 is 0. The average Bonchev–Trinajstić information content (AvgIpc) is 3.40. The molecule has 1 N–H and O–H groups in total. The SMILES string of the molecule is CC/C=C\C/C=C\C/C=C\C/C=C\C/C=C\C/C=C\CCCCCCCCCCC(=O)OC(COC(=O)CCCCCCCCCCCCCC/C=C\C/C=C\C/C=C\C/C=C\CC)COC(OCC[N+](C)(C)C)C(=O)O. The van der Waals surface area contributed by atoms with Crippen molar-refractivity contribution in [1.82, 2.24) is 0 Å². The molecular formula is C68H114NO8+. The number of aliphatic carboxylic acids is 1. The van der Waals surface area contributed by atoms with Crippen molar-refractivity contribution in [3.8, 4) is 0 Å². The summed E-state index contributed by atoms with van der Waals surface area (Å²) in [4.78, 5) is 37.5. The van der Waals surface area contributed by atoms with Gasteiger partial charge in [-0.1, -0.05) is 238 Å². The van der Waals surface area contributed by atoms with E-state index in [1.807, 2.05) is 21.1 Å². The molecule has 9 nitrogen and oxygen atoms in total. The van der Waals surface area contributed by atoms with Crippen molar-refractivity contribution in [2.75, 3.05) is 47.5 Å². The normalized spacial score (nSPS) is 13.6. The van der Waals surface area contributed by atoms with E-state index in [9.17, 15) is 19.5 Å². The van der Waals surface area contributed by atoms with Crippen molar-refractivity contribution in [2.45, 2.75) is 245 Å². The van der Waals surface area contributed by atoms with Crippen LogP contribution in [0, 0.1) is 0 Å². The van der Waals surface area contributed by atoms with E-state index in [0.717, 1.165) is 109 Å². The molecule has 0 spiro atoms. The number of hydrogen-bond acceptors (Lipinski definition) is 7. The van der Waals surface area contributed by atoms with Gasteiger partial charge in [-0.25, -0.2) is 4.79 Å². The minimum Gasteiger partial charge on any atom is -0.477 e. The van der Waals surface area contributed by atoms with E-state index in [1.54, 1.807) is 0 Å².